The molecule has 5 nitrogen and oxygen atoms in total. The van der Waals surface area contributed by atoms with Gasteiger partial charge in [0.15, 0.2) is 0 Å². The second-order valence-electron chi connectivity index (χ2n) is 4.71. The Morgan fingerprint density at radius 3 is 2.44 bits per heavy atom. The van der Waals surface area contributed by atoms with Gasteiger partial charge in [-0.2, -0.15) is 0 Å². The molecule has 0 radical (unpaired) electrons. The van der Waals surface area contributed by atoms with Crippen molar-refractivity contribution in [2.75, 3.05) is 5.75 Å². The standard InChI is InChI=1S/C10H17F2NO4S/c1-2-3-8(9(14)15)13-18(16,17)6-7-4-10(11,12)5-7/h7-8,13H,2-6H2,1H3,(H,14,15). The van der Waals surface area contributed by atoms with Crippen molar-refractivity contribution in [3.63, 3.8) is 0 Å². The topological polar surface area (TPSA) is 83.5 Å². The number of nitrogens with one attached hydrogen (secondary N) is 1. The molecule has 8 heteroatoms. The summed E-state index contributed by atoms with van der Waals surface area (Å²) in [7, 11) is -3.82. The summed E-state index contributed by atoms with van der Waals surface area (Å²) in [5.74, 6) is -5.04. The lowest BCUT2D eigenvalue weighted by atomic mass is 9.83. The fourth-order valence-electron chi connectivity index (χ4n) is 2.00. The first-order chi connectivity index (χ1) is 8.15. The fourth-order valence-corrected chi connectivity index (χ4v) is 3.60. The lowest BCUT2D eigenvalue weighted by molar-refractivity contribution is -0.139. The summed E-state index contributed by atoms with van der Waals surface area (Å²) in [5.41, 5.74) is 0. The van der Waals surface area contributed by atoms with Gasteiger partial charge in [0.25, 0.3) is 0 Å². The molecule has 0 heterocycles. The van der Waals surface area contributed by atoms with E-state index in [1.807, 2.05) is 4.72 Å². The van der Waals surface area contributed by atoms with E-state index in [9.17, 15) is 22.0 Å². The molecule has 1 aliphatic carbocycles. The van der Waals surface area contributed by atoms with Crippen molar-refractivity contribution in [1.82, 2.24) is 4.72 Å². The molecule has 1 aliphatic rings. The van der Waals surface area contributed by atoms with Crippen LogP contribution in [0, 0.1) is 5.92 Å². The lowest BCUT2D eigenvalue weighted by Crippen LogP contribution is -2.46. The molecule has 2 N–H and O–H groups in total. The number of hydrogen-bond donors (Lipinski definition) is 2. The minimum Gasteiger partial charge on any atom is -0.480 e. The Bertz CT molecular complexity index is 402. The smallest absolute Gasteiger partial charge is 0.321 e. The van der Waals surface area contributed by atoms with Crippen LogP contribution in [0.4, 0.5) is 8.78 Å². The van der Waals surface area contributed by atoms with Crippen LogP contribution in [-0.2, 0) is 14.8 Å². The monoisotopic (exact) mass is 285 g/mol. The van der Waals surface area contributed by atoms with Gasteiger partial charge in [-0.15, -0.1) is 0 Å². The number of hydrogen-bond acceptors (Lipinski definition) is 3. The average Bonchev–Trinajstić information content (AvgIpc) is 2.12. The van der Waals surface area contributed by atoms with Crippen LogP contribution in [0.1, 0.15) is 32.6 Å². The van der Waals surface area contributed by atoms with Crippen molar-refractivity contribution in [3.05, 3.63) is 0 Å². The maximum Gasteiger partial charge on any atom is 0.321 e. The minimum atomic E-state index is -3.82. The van der Waals surface area contributed by atoms with E-state index in [-0.39, 0.29) is 6.42 Å². The van der Waals surface area contributed by atoms with Crippen LogP contribution in [0.2, 0.25) is 0 Å². The highest BCUT2D eigenvalue weighted by Gasteiger charge is 2.46. The Kier molecular flexibility index (Phi) is 4.66. The van der Waals surface area contributed by atoms with Crippen LogP contribution in [0.15, 0.2) is 0 Å². The highest BCUT2D eigenvalue weighted by atomic mass is 32.2. The number of carboxylic acids is 1. The van der Waals surface area contributed by atoms with Gasteiger partial charge in [0.1, 0.15) is 6.04 Å². The number of alkyl halides is 2. The maximum atomic E-state index is 12.6. The quantitative estimate of drug-likeness (QED) is 0.736. The molecule has 1 atom stereocenters. The number of carboxylic acid groups (broad SMARTS) is 1. The summed E-state index contributed by atoms with van der Waals surface area (Å²) in [6.07, 6.45) is -0.199. The number of aliphatic carboxylic acids is 1. The van der Waals surface area contributed by atoms with Gasteiger partial charge < -0.3 is 5.11 Å². The zero-order chi connectivity index (χ0) is 14.0. The highest BCUT2D eigenvalue weighted by molar-refractivity contribution is 7.89. The van der Waals surface area contributed by atoms with Crippen LogP contribution in [0.3, 0.4) is 0 Å². The van der Waals surface area contributed by atoms with E-state index in [1.54, 1.807) is 6.92 Å². The SMILES string of the molecule is CCCC(NS(=O)(=O)CC1CC(F)(F)C1)C(=O)O. The lowest BCUT2D eigenvalue weighted by Gasteiger charge is -2.34. The summed E-state index contributed by atoms with van der Waals surface area (Å²) in [6.45, 7) is 1.73. The Morgan fingerprint density at radius 1 is 1.50 bits per heavy atom. The molecule has 0 bridgehead atoms. The highest BCUT2D eigenvalue weighted by Crippen LogP contribution is 2.42. The van der Waals surface area contributed by atoms with E-state index in [0.29, 0.717) is 6.42 Å². The molecule has 0 aromatic carbocycles. The van der Waals surface area contributed by atoms with E-state index < -0.39 is 52.5 Å². The first-order valence-corrected chi connectivity index (χ1v) is 7.41. The summed E-state index contributed by atoms with van der Waals surface area (Å²) >= 11 is 0. The number of sulfonamides is 1. The predicted octanol–water partition coefficient (Wildman–Crippen LogP) is 1.20. The predicted molar refractivity (Wildman–Crippen MR) is 60.9 cm³/mol. The van der Waals surface area contributed by atoms with Gasteiger partial charge in [-0.3, -0.25) is 4.79 Å². The zero-order valence-corrected chi connectivity index (χ0v) is 10.8. The zero-order valence-electron chi connectivity index (χ0n) is 10.0. The molecule has 1 fully saturated rings. The summed E-state index contributed by atoms with van der Waals surface area (Å²) < 4.78 is 50.4. The van der Waals surface area contributed by atoms with Crippen molar-refractivity contribution >= 4 is 16.0 Å². The summed E-state index contributed by atoms with van der Waals surface area (Å²) in [6, 6.07) is -1.18. The Labute approximate surface area is 105 Å². The molecule has 1 rings (SSSR count). The number of halogens is 2. The third kappa shape index (κ3) is 4.49. The minimum absolute atomic E-state index is 0.176. The van der Waals surface area contributed by atoms with E-state index in [0.717, 1.165) is 0 Å². The van der Waals surface area contributed by atoms with Gasteiger partial charge >= 0.3 is 5.97 Å². The molecule has 0 amide bonds. The summed E-state index contributed by atoms with van der Waals surface area (Å²) in [5, 5.41) is 8.81. The molecular formula is C10H17F2NO4S. The number of rotatable bonds is 7. The molecule has 0 aliphatic heterocycles. The number of carbonyl (C=O) groups is 1. The van der Waals surface area contributed by atoms with E-state index in [1.165, 1.54) is 0 Å². The van der Waals surface area contributed by atoms with Crippen molar-refractivity contribution < 1.29 is 27.1 Å². The van der Waals surface area contributed by atoms with Crippen LogP contribution >= 0.6 is 0 Å². The maximum absolute atomic E-state index is 12.6. The normalized spacial score (nSPS) is 21.3. The van der Waals surface area contributed by atoms with E-state index in [2.05, 4.69) is 0 Å². The molecule has 0 aromatic heterocycles. The second-order valence-corrected chi connectivity index (χ2v) is 6.51. The average molecular weight is 285 g/mol. The summed E-state index contributed by atoms with van der Waals surface area (Å²) in [4.78, 5) is 10.8. The van der Waals surface area contributed by atoms with Crippen LogP contribution in [0.5, 0.6) is 0 Å². The van der Waals surface area contributed by atoms with Gasteiger partial charge in [0, 0.05) is 12.8 Å². The van der Waals surface area contributed by atoms with Gasteiger partial charge in [0.2, 0.25) is 15.9 Å². The first kappa shape index (κ1) is 15.3. The third-order valence-corrected chi connectivity index (χ3v) is 4.38. The van der Waals surface area contributed by atoms with Crippen molar-refractivity contribution in [2.24, 2.45) is 5.92 Å². The largest absolute Gasteiger partial charge is 0.480 e. The van der Waals surface area contributed by atoms with Gasteiger partial charge in [-0.25, -0.2) is 21.9 Å². The van der Waals surface area contributed by atoms with Gasteiger partial charge in [-0.1, -0.05) is 13.3 Å². The van der Waals surface area contributed by atoms with Gasteiger partial charge in [0.05, 0.1) is 5.75 Å². The van der Waals surface area contributed by atoms with Crippen molar-refractivity contribution in [1.29, 1.82) is 0 Å². The Hall–Kier alpha value is -0.760. The molecule has 0 spiro atoms. The van der Waals surface area contributed by atoms with E-state index in [4.69, 9.17) is 5.11 Å². The van der Waals surface area contributed by atoms with Crippen LogP contribution in [0.25, 0.3) is 0 Å². The molecule has 0 saturated heterocycles. The van der Waals surface area contributed by atoms with Crippen LogP contribution < -0.4 is 4.72 Å². The van der Waals surface area contributed by atoms with Gasteiger partial charge in [-0.05, 0) is 12.3 Å². The van der Waals surface area contributed by atoms with Crippen LogP contribution in [-0.4, -0.2) is 37.2 Å². The molecule has 0 aromatic rings. The molecule has 1 saturated carbocycles. The molecular weight excluding hydrogens is 268 g/mol. The second kappa shape index (κ2) is 5.48. The Balaban J connectivity index is 2.51. The van der Waals surface area contributed by atoms with Crippen molar-refractivity contribution in [3.8, 4) is 0 Å². The van der Waals surface area contributed by atoms with Crippen molar-refractivity contribution in [2.45, 2.75) is 44.6 Å². The molecule has 1 unspecified atom stereocenters. The molecule has 18 heavy (non-hydrogen) atoms. The molecule has 106 valence electrons. The first-order valence-electron chi connectivity index (χ1n) is 5.76. The fraction of sp³-hybridized carbons (Fsp3) is 0.900. The third-order valence-electron chi connectivity index (χ3n) is 2.83. The van der Waals surface area contributed by atoms with E-state index >= 15 is 0 Å². The Morgan fingerprint density at radius 2 is 2.06 bits per heavy atom.